The number of hydrogen-bond donors (Lipinski definition) is 1. The Morgan fingerprint density at radius 3 is 2.35 bits per heavy atom. The molecule has 140 valence electrons. The first-order valence-corrected chi connectivity index (χ1v) is 9.99. The lowest BCUT2D eigenvalue weighted by Crippen LogP contribution is -2.39. The zero-order valence-corrected chi connectivity index (χ0v) is 16.5. The van der Waals surface area contributed by atoms with E-state index < -0.39 is 6.10 Å². The summed E-state index contributed by atoms with van der Waals surface area (Å²) in [6.45, 7) is 4.67. The molecular weight excluding hydrogens is 346 g/mol. The Morgan fingerprint density at radius 1 is 1.08 bits per heavy atom. The molecule has 0 heterocycles. The summed E-state index contributed by atoms with van der Waals surface area (Å²) in [5.74, 6) is 3.19. The molecule has 1 N–H and O–H groups in total. The van der Waals surface area contributed by atoms with Crippen LogP contribution in [0.2, 0.25) is 0 Å². The average molecular weight is 374 g/mol. The van der Waals surface area contributed by atoms with E-state index in [1.165, 1.54) is 11.1 Å². The van der Waals surface area contributed by atoms with Gasteiger partial charge < -0.3 is 14.8 Å². The lowest BCUT2D eigenvalue weighted by Gasteiger charge is -2.17. The lowest BCUT2D eigenvalue weighted by atomic mass is 10.2. The second-order valence-electron chi connectivity index (χ2n) is 6.02. The van der Waals surface area contributed by atoms with E-state index in [-0.39, 0.29) is 5.91 Å². The van der Waals surface area contributed by atoms with Gasteiger partial charge in [0.15, 0.2) is 6.10 Å². The molecule has 2 aromatic carbocycles. The summed E-state index contributed by atoms with van der Waals surface area (Å²) in [7, 11) is 1.62. The van der Waals surface area contributed by atoms with Crippen molar-refractivity contribution in [3.8, 4) is 11.5 Å². The van der Waals surface area contributed by atoms with Gasteiger partial charge in [-0.05, 0) is 43.2 Å². The largest absolute Gasteiger partial charge is 0.497 e. The molecule has 4 nitrogen and oxygen atoms in total. The molecular formula is C21H27NO3S. The summed E-state index contributed by atoms with van der Waals surface area (Å²) in [6.07, 6.45) is 0.138. The van der Waals surface area contributed by atoms with Crippen LogP contribution in [0.15, 0.2) is 48.5 Å². The Balaban J connectivity index is 1.69. The SMILES string of the molecule is CC[C@H](Oc1ccc(OC)cc1)C(=O)NCCSCc1ccc(C)cc1. The van der Waals surface area contributed by atoms with Crippen LogP contribution in [0.3, 0.4) is 0 Å². The molecule has 0 radical (unpaired) electrons. The minimum atomic E-state index is -0.481. The number of nitrogens with one attached hydrogen (secondary N) is 1. The molecule has 26 heavy (non-hydrogen) atoms. The smallest absolute Gasteiger partial charge is 0.261 e. The van der Waals surface area contributed by atoms with Crippen molar-refractivity contribution in [1.29, 1.82) is 0 Å². The molecule has 0 fully saturated rings. The first-order valence-electron chi connectivity index (χ1n) is 8.84. The maximum Gasteiger partial charge on any atom is 0.261 e. The topological polar surface area (TPSA) is 47.6 Å². The molecule has 0 unspecified atom stereocenters. The number of carbonyl (C=O) groups excluding carboxylic acids is 1. The van der Waals surface area contributed by atoms with E-state index in [9.17, 15) is 4.79 Å². The van der Waals surface area contributed by atoms with Gasteiger partial charge in [0.1, 0.15) is 11.5 Å². The molecule has 0 aliphatic carbocycles. The van der Waals surface area contributed by atoms with E-state index in [0.717, 1.165) is 17.3 Å². The van der Waals surface area contributed by atoms with Crippen LogP contribution in [-0.4, -0.2) is 31.4 Å². The van der Waals surface area contributed by atoms with Crippen LogP contribution in [0.1, 0.15) is 24.5 Å². The molecule has 2 rings (SSSR count). The molecule has 0 saturated carbocycles. The monoisotopic (exact) mass is 373 g/mol. The maximum atomic E-state index is 12.3. The van der Waals surface area contributed by atoms with E-state index >= 15 is 0 Å². The third-order valence-electron chi connectivity index (χ3n) is 3.94. The quantitative estimate of drug-likeness (QED) is 0.634. The third-order valence-corrected chi connectivity index (χ3v) is 4.97. The number of ether oxygens (including phenoxy) is 2. The Bertz CT molecular complexity index is 671. The number of carbonyl (C=O) groups is 1. The fraction of sp³-hybridized carbons (Fsp3) is 0.381. The van der Waals surface area contributed by atoms with Gasteiger partial charge in [-0.2, -0.15) is 11.8 Å². The number of amides is 1. The first-order chi connectivity index (χ1) is 12.6. The number of benzene rings is 2. The van der Waals surface area contributed by atoms with Gasteiger partial charge in [0.2, 0.25) is 0 Å². The molecule has 0 saturated heterocycles. The fourth-order valence-electron chi connectivity index (χ4n) is 2.38. The van der Waals surface area contributed by atoms with Gasteiger partial charge in [-0.15, -0.1) is 0 Å². The minimum Gasteiger partial charge on any atom is -0.497 e. The van der Waals surface area contributed by atoms with Crippen LogP contribution in [0.4, 0.5) is 0 Å². The summed E-state index contributed by atoms with van der Waals surface area (Å²) < 4.78 is 10.9. The van der Waals surface area contributed by atoms with Gasteiger partial charge in [-0.25, -0.2) is 0 Å². The molecule has 0 aliphatic heterocycles. The fourth-order valence-corrected chi connectivity index (χ4v) is 3.19. The van der Waals surface area contributed by atoms with Crippen molar-refractivity contribution in [2.75, 3.05) is 19.4 Å². The highest BCUT2D eigenvalue weighted by molar-refractivity contribution is 7.98. The second kappa shape index (κ2) is 10.8. The summed E-state index contributed by atoms with van der Waals surface area (Å²) >= 11 is 1.81. The molecule has 0 aromatic heterocycles. The Labute approximate surface area is 160 Å². The van der Waals surface area contributed by atoms with Crippen molar-refractivity contribution < 1.29 is 14.3 Å². The molecule has 0 bridgehead atoms. The van der Waals surface area contributed by atoms with Crippen LogP contribution in [0, 0.1) is 6.92 Å². The maximum absolute atomic E-state index is 12.3. The molecule has 0 aliphatic rings. The minimum absolute atomic E-state index is 0.0701. The van der Waals surface area contributed by atoms with Crippen LogP contribution in [0.5, 0.6) is 11.5 Å². The van der Waals surface area contributed by atoms with E-state index in [2.05, 4.69) is 36.5 Å². The molecule has 2 aromatic rings. The predicted molar refractivity (Wildman–Crippen MR) is 108 cm³/mol. The van der Waals surface area contributed by atoms with Gasteiger partial charge in [0.05, 0.1) is 7.11 Å². The van der Waals surface area contributed by atoms with Crippen LogP contribution in [-0.2, 0) is 10.5 Å². The predicted octanol–water partition coefficient (Wildman–Crippen LogP) is 4.21. The summed E-state index contributed by atoms with van der Waals surface area (Å²) in [4.78, 5) is 12.3. The highest BCUT2D eigenvalue weighted by Crippen LogP contribution is 2.19. The summed E-state index contributed by atoms with van der Waals surface area (Å²) in [6, 6.07) is 15.8. The molecule has 0 spiro atoms. The molecule has 1 amide bonds. The van der Waals surface area contributed by atoms with Crippen LogP contribution in [0.25, 0.3) is 0 Å². The van der Waals surface area contributed by atoms with Crippen molar-refractivity contribution in [3.63, 3.8) is 0 Å². The highest BCUT2D eigenvalue weighted by Gasteiger charge is 2.17. The number of methoxy groups -OCH3 is 1. The van der Waals surface area contributed by atoms with E-state index in [0.29, 0.717) is 18.7 Å². The number of aryl methyl sites for hydroxylation is 1. The van der Waals surface area contributed by atoms with Gasteiger partial charge in [-0.3, -0.25) is 4.79 Å². The van der Waals surface area contributed by atoms with E-state index in [1.807, 2.05) is 43.0 Å². The second-order valence-corrected chi connectivity index (χ2v) is 7.12. The number of thioether (sulfide) groups is 1. The third kappa shape index (κ3) is 6.64. The lowest BCUT2D eigenvalue weighted by molar-refractivity contribution is -0.127. The van der Waals surface area contributed by atoms with Crippen LogP contribution >= 0.6 is 11.8 Å². The van der Waals surface area contributed by atoms with E-state index in [4.69, 9.17) is 9.47 Å². The zero-order valence-electron chi connectivity index (χ0n) is 15.7. The Morgan fingerprint density at radius 2 is 1.73 bits per heavy atom. The first kappa shape index (κ1) is 20.2. The van der Waals surface area contributed by atoms with Gasteiger partial charge >= 0.3 is 0 Å². The van der Waals surface area contributed by atoms with Crippen molar-refractivity contribution in [1.82, 2.24) is 5.32 Å². The standard InChI is InChI=1S/C21H27NO3S/c1-4-20(25-19-11-9-18(24-3)10-12-19)21(23)22-13-14-26-15-17-7-5-16(2)6-8-17/h5-12,20H,4,13-15H2,1-3H3,(H,22,23)/t20-/m0/s1. The summed E-state index contributed by atoms with van der Waals surface area (Å²) in [5.41, 5.74) is 2.58. The molecule has 1 atom stereocenters. The van der Waals surface area contributed by atoms with E-state index in [1.54, 1.807) is 7.11 Å². The summed E-state index contributed by atoms with van der Waals surface area (Å²) in [5, 5.41) is 2.96. The van der Waals surface area contributed by atoms with Gasteiger partial charge in [0.25, 0.3) is 5.91 Å². The van der Waals surface area contributed by atoms with Crippen molar-refractivity contribution in [2.24, 2.45) is 0 Å². The number of hydrogen-bond acceptors (Lipinski definition) is 4. The van der Waals surface area contributed by atoms with Crippen molar-refractivity contribution in [2.45, 2.75) is 32.1 Å². The zero-order chi connectivity index (χ0) is 18.8. The highest BCUT2D eigenvalue weighted by atomic mass is 32.2. The van der Waals surface area contributed by atoms with Crippen molar-refractivity contribution in [3.05, 3.63) is 59.7 Å². The van der Waals surface area contributed by atoms with Gasteiger partial charge in [-0.1, -0.05) is 36.8 Å². The molecule has 5 heteroatoms. The van der Waals surface area contributed by atoms with Crippen LogP contribution < -0.4 is 14.8 Å². The Hall–Kier alpha value is -2.14. The van der Waals surface area contributed by atoms with Gasteiger partial charge in [0, 0.05) is 18.1 Å². The van der Waals surface area contributed by atoms with Crippen molar-refractivity contribution >= 4 is 17.7 Å². The normalized spacial score (nSPS) is 11.7. The number of rotatable bonds is 10. The Kier molecular flexibility index (Phi) is 8.35. The average Bonchev–Trinajstić information content (AvgIpc) is 2.67.